The van der Waals surface area contributed by atoms with Gasteiger partial charge in [0.2, 0.25) is 11.9 Å². The summed E-state index contributed by atoms with van der Waals surface area (Å²) in [5.41, 5.74) is 18.3. The predicted octanol–water partition coefficient (Wildman–Crippen LogP) is 17.1. The van der Waals surface area contributed by atoms with E-state index in [0.717, 1.165) is 122 Å². The van der Waals surface area contributed by atoms with Gasteiger partial charge in [-0.1, -0.05) is 218 Å². The molecule has 0 aliphatic rings. The van der Waals surface area contributed by atoms with Crippen LogP contribution in [0.15, 0.2) is 267 Å². The molecule has 0 radical (unpaired) electrons. The van der Waals surface area contributed by atoms with E-state index in [1.165, 1.54) is 0 Å². The quantitative estimate of drug-likeness (QED) is 0.145. The molecule has 0 bridgehead atoms. The molecular formula is C68H44N6. The number of benzene rings is 10. The van der Waals surface area contributed by atoms with E-state index in [1.807, 2.05) is 12.1 Å². The van der Waals surface area contributed by atoms with Crippen LogP contribution in [0.5, 0.6) is 0 Å². The van der Waals surface area contributed by atoms with Crippen LogP contribution in [0.25, 0.3) is 134 Å². The molecule has 4 aromatic heterocycles. The molecule has 74 heavy (non-hydrogen) atoms. The molecule has 0 aliphatic carbocycles. The summed E-state index contributed by atoms with van der Waals surface area (Å²) < 4.78 is 4.47. The molecule has 6 nitrogen and oxygen atoms in total. The Hall–Kier alpha value is -10.0. The first-order valence-corrected chi connectivity index (χ1v) is 25.0. The average molecular weight is 945 g/mol. The van der Waals surface area contributed by atoms with Crippen LogP contribution in [-0.2, 0) is 0 Å². The van der Waals surface area contributed by atoms with Gasteiger partial charge in [0.15, 0.2) is 0 Å². The minimum Gasteiger partial charge on any atom is -0.278 e. The second kappa shape index (κ2) is 18.0. The van der Waals surface area contributed by atoms with E-state index in [4.69, 9.17) is 19.9 Å². The summed E-state index contributed by atoms with van der Waals surface area (Å²) in [6.45, 7) is 0. The molecule has 14 aromatic rings. The molecular weight excluding hydrogens is 901 g/mol. The third kappa shape index (κ3) is 7.61. The smallest absolute Gasteiger partial charge is 0.235 e. The van der Waals surface area contributed by atoms with Gasteiger partial charge in [-0.3, -0.25) is 9.13 Å². The fourth-order valence-corrected chi connectivity index (χ4v) is 10.6. The maximum atomic E-state index is 5.43. The highest BCUT2D eigenvalue weighted by molar-refractivity contribution is 6.12. The van der Waals surface area contributed by atoms with E-state index >= 15 is 0 Å². The van der Waals surface area contributed by atoms with E-state index in [-0.39, 0.29) is 0 Å². The molecule has 0 unspecified atom stereocenters. The van der Waals surface area contributed by atoms with Gasteiger partial charge in [-0.2, -0.15) is 0 Å². The number of hydrogen-bond acceptors (Lipinski definition) is 4. The van der Waals surface area contributed by atoms with E-state index in [1.54, 1.807) is 0 Å². The lowest BCUT2D eigenvalue weighted by molar-refractivity contribution is 0.995. The minimum atomic E-state index is 0.603. The summed E-state index contributed by atoms with van der Waals surface area (Å²) in [7, 11) is 0. The Morgan fingerprint density at radius 2 is 0.486 bits per heavy atom. The van der Waals surface area contributed by atoms with Crippen LogP contribution in [0.3, 0.4) is 0 Å². The standard InChI is InChI=1S/C68H44N6/c1-5-19-45(20-6-1)49-27-17-29-53(39-49)61-43-59(47-23-9-3-10-24-47)69-67(71-61)73-63-33-15-13-31-55(63)57-37-35-51(41-65(57)73)52-36-38-58-56-32-14-16-34-64(56)74(66(58)42-52)68-70-60(48-25-11-4-12-26-48)44-62(72-68)54-30-18-28-50(40-54)46-21-7-2-8-22-46/h1-44H. The van der Waals surface area contributed by atoms with Crippen LogP contribution in [0.4, 0.5) is 0 Å². The van der Waals surface area contributed by atoms with E-state index in [0.29, 0.717) is 11.9 Å². The van der Waals surface area contributed by atoms with Gasteiger partial charge in [-0.25, -0.2) is 19.9 Å². The van der Waals surface area contributed by atoms with Crippen LogP contribution in [0.2, 0.25) is 0 Å². The Bertz CT molecular complexity index is 4120. The first kappa shape index (κ1) is 42.8. The molecule has 0 atom stereocenters. The molecule has 346 valence electrons. The van der Waals surface area contributed by atoms with Crippen molar-refractivity contribution in [1.82, 2.24) is 29.1 Å². The van der Waals surface area contributed by atoms with Crippen molar-refractivity contribution in [3.05, 3.63) is 267 Å². The number of nitrogens with zero attached hydrogens (tertiary/aromatic N) is 6. The van der Waals surface area contributed by atoms with E-state index in [2.05, 4.69) is 264 Å². The largest absolute Gasteiger partial charge is 0.278 e. The zero-order chi connectivity index (χ0) is 49.0. The molecule has 10 aromatic carbocycles. The summed E-state index contributed by atoms with van der Waals surface area (Å²) in [4.78, 5) is 21.6. The summed E-state index contributed by atoms with van der Waals surface area (Å²) >= 11 is 0. The summed E-state index contributed by atoms with van der Waals surface area (Å²) in [6, 6.07) is 93.9. The Labute approximate surface area is 427 Å². The molecule has 0 saturated carbocycles. The number of hydrogen-bond donors (Lipinski definition) is 0. The molecule has 0 amide bonds. The Kier molecular flexibility index (Phi) is 10.4. The Balaban J connectivity index is 0.953. The van der Waals surface area contributed by atoms with Crippen LogP contribution in [-0.4, -0.2) is 29.1 Å². The predicted molar refractivity (Wildman–Crippen MR) is 304 cm³/mol. The number of rotatable bonds is 9. The van der Waals surface area contributed by atoms with Gasteiger partial charge in [0.05, 0.1) is 44.8 Å². The fourth-order valence-electron chi connectivity index (χ4n) is 10.6. The molecule has 14 rings (SSSR count). The minimum absolute atomic E-state index is 0.603. The van der Waals surface area contributed by atoms with E-state index < -0.39 is 0 Å². The Morgan fingerprint density at radius 1 is 0.189 bits per heavy atom. The maximum Gasteiger partial charge on any atom is 0.235 e. The first-order chi connectivity index (χ1) is 36.7. The highest BCUT2D eigenvalue weighted by Gasteiger charge is 2.21. The van der Waals surface area contributed by atoms with Crippen molar-refractivity contribution >= 4 is 43.6 Å². The normalized spacial score (nSPS) is 11.5. The average Bonchev–Trinajstić information content (AvgIpc) is 4.02. The molecule has 0 N–H and O–H groups in total. The molecule has 0 fully saturated rings. The van der Waals surface area contributed by atoms with Crippen molar-refractivity contribution in [2.45, 2.75) is 0 Å². The third-order valence-corrected chi connectivity index (χ3v) is 14.2. The van der Waals surface area contributed by atoms with Gasteiger partial charge in [-0.15, -0.1) is 0 Å². The third-order valence-electron chi connectivity index (χ3n) is 14.2. The Morgan fingerprint density at radius 3 is 0.892 bits per heavy atom. The van der Waals surface area contributed by atoms with Gasteiger partial charge in [0, 0.05) is 43.8 Å². The molecule has 0 saturated heterocycles. The summed E-state index contributed by atoms with van der Waals surface area (Å²) in [5.74, 6) is 1.21. The lowest BCUT2D eigenvalue weighted by atomic mass is 10.0. The van der Waals surface area contributed by atoms with E-state index in [9.17, 15) is 0 Å². The van der Waals surface area contributed by atoms with Gasteiger partial charge in [0.25, 0.3) is 0 Å². The second-order valence-electron chi connectivity index (χ2n) is 18.7. The van der Waals surface area contributed by atoms with Crippen molar-refractivity contribution in [3.63, 3.8) is 0 Å². The van der Waals surface area contributed by atoms with Crippen LogP contribution in [0, 0.1) is 0 Å². The lowest BCUT2D eigenvalue weighted by Crippen LogP contribution is -2.04. The maximum absolute atomic E-state index is 5.43. The molecule has 0 aliphatic heterocycles. The lowest BCUT2D eigenvalue weighted by Gasteiger charge is -2.13. The molecule has 0 spiro atoms. The second-order valence-corrected chi connectivity index (χ2v) is 18.7. The van der Waals surface area contributed by atoms with Crippen LogP contribution in [0.1, 0.15) is 0 Å². The SMILES string of the molecule is c1ccc(-c2cccc(-c3cc(-c4ccccc4)nc(-n4c5ccccc5c5ccc(-c6ccc7c8ccccc8n(-c8nc(-c9ccccc9)cc(-c9cccc(-c%10ccccc%10)c9)n8)c7c6)cc54)n3)c2)cc1. The monoisotopic (exact) mass is 944 g/mol. The molecule has 6 heteroatoms. The van der Waals surface area contributed by atoms with Crippen molar-refractivity contribution in [2.24, 2.45) is 0 Å². The summed E-state index contributed by atoms with van der Waals surface area (Å²) in [6.07, 6.45) is 0. The highest BCUT2D eigenvalue weighted by Crippen LogP contribution is 2.39. The summed E-state index contributed by atoms with van der Waals surface area (Å²) in [5, 5.41) is 4.50. The van der Waals surface area contributed by atoms with Gasteiger partial charge >= 0.3 is 0 Å². The topological polar surface area (TPSA) is 61.4 Å². The number of para-hydroxylation sites is 2. The number of fused-ring (bicyclic) bond motifs is 6. The van der Waals surface area contributed by atoms with Gasteiger partial charge in [-0.05, 0) is 81.9 Å². The molecule has 4 heterocycles. The van der Waals surface area contributed by atoms with Crippen LogP contribution < -0.4 is 0 Å². The van der Waals surface area contributed by atoms with Crippen LogP contribution >= 0.6 is 0 Å². The zero-order valence-electron chi connectivity index (χ0n) is 40.1. The van der Waals surface area contributed by atoms with Crippen molar-refractivity contribution in [2.75, 3.05) is 0 Å². The van der Waals surface area contributed by atoms with Crippen molar-refractivity contribution < 1.29 is 0 Å². The number of aromatic nitrogens is 6. The van der Waals surface area contributed by atoms with Crippen molar-refractivity contribution in [1.29, 1.82) is 0 Å². The highest BCUT2D eigenvalue weighted by atomic mass is 15.2. The van der Waals surface area contributed by atoms with Gasteiger partial charge in [0.1, 0.15) is 0 Å². The zero-order valence-corrected chi connectivity index (χ0v) is 40.1. The van der Waals surface area contributed by atoms with Crippen molar-refractivity contribution in [3.8, 4) is 90.3 Å². The first-order valence-electron chi connectivity index (χ1n) is 25.0. The van der Waals surface area contributed by atoms with Gasteiger partial charge < -0.3 is 0 Å². The fraction of sp³-hybridized carbons (Fsp3) is 0.